The Hall–Kier alpha value is -1.04. The van der Waals surface area contributed by atoms with E-state index < -0.39 is 56.2 Å². The van der Waals surface area contributed by atoms with Crippen LogP contribution in [0.1, 0.15) is 0 Å². The molecule has 0 aromatic carbocycles. The van der Waals surface area contributed by atoms with Gasteiger partial charge in [0.2, 0.25) is 6.16 Å². The minimum Gasteiger partial charge on any atom is -0.565 e. The fraction of sp³-hybridized carbons (Fsp3) is 0.545. The fourth-order valence-corrected chi connectivity index (χ4v) is 1.48. The van der Waals surface area contributed by atoms with Crippen molar-refractivity contribution < 1.29 is 106 Å². The molecule has 0 aliphatic carbocycles. The molecule has 14 nitrogen and oxygen atoms in total. The van der Waals surface area contributed by atoms with Gasteiger partial charge in [0.15, 0.2) is 0 Å². The van der Waals surface area contributed by atoms with Crippen molar-refractivity contribution in [2.45, 2.75) is 0 Å². The van der Waals surface area contributed by atoms with Crippen LogP contribution < -0.4 is 62.6 Å². The Morgan fingerprint density at radius 3 is 0.889 bits per heavy atom. The van der Waals surface area contributed by atoms with Gasteiger partial charge in [-0.15, -0.1) is 12.4 Å². The number of carboxylic acid groups (broad SMARTS) is 6. The second-order valence-corrected chi connectivity index (χ2v) is 4.26. The van der Waals surface area contributed by atoms with Crippen molar-refractivity contribution in [2.24, 2.45) is 0 Å². The summed E-state index contributed by atoms with van der Waals surface area (Å²) in [5, 5.41) is 49.8. The van der Waals surface area contributed by atoms with Gasteiger partial charge in [0, 0.05) is 13.1 Å². The molecule has 0 atom stereocenters. The SMILES string of the molecule is Cl.N.O=C(O)CN(CCN(CC(=O)O)CC(=O)O)CC(=O)O.O=C([O-])O.[K+]. The summed E-state index contributed by atoms with van der Waals surface area (Å²) in [6.45, 7) is -2.25. The van der Waals surface area contributed by atoms with Crippen molar-refractivity contribution >= 4 is 42.4 Å². The molecule has 0 saturated heterocycles. The maximum Gasteiger partial charge on any atom is 1.00 e. The Kier molecular flexibility index (Phi) is 29.0. The molecule has 27 heavy (non-hydrogen) atoms. The zero-order valence-electron chi connectivity index (χ0n) is 14.4. The summed E-state index contributed by atoms with van der Waals surface area (Å²) >= 11 is 0. The third-order valence-electron chi connectivity index (χ3n) is 2.17. The van der Waals surface area contributed by atoms with Gasteiger partial charge in [-0.25, -0.2) is 0 Å². The summed E-state index contributed by atoms with van der Waals surface area (Å²) in [4.78, 5) is 52.8. The van der Waals surface area contributed by atoms with Crippen LogP contribution in [0.4, 0.5) is 4.79 Å². The van der Waals surface area contributed by atoms with Gasteiger partial charge in [0.05, 0.1) is 26.2 Å². The van der Waals surface area contributed by atoms with E-state index in [0.29, 0.717) is 0 Å². The second-order valence-electron chi connectivity index (χ2n) is 4.26. The molecule has 16 heteroatoms. The number of nitrogens with zero attached hydrogens (tertiary/aromatic N) is 2. The topological polar surface area (TPSA) is 251 Å². The van der Waals surface area contributed by atoms with Gasteiger partial charge in [-0.1, -0.05) is 0 Å². The average molecular weight is 446 g/mol. The van der Waals surface area contributed by atoms with Crippen molar-refractivity contribution in [2.75, 3.05) is 39.3 Å². The van der Waals surface area contributed by atoms with Gasteiger partial charge in [0.1, 0.15) is 0 Å². The monoisotopic (exact) mass is 445 g/mol. The molecule has 154 valence electrons. The molecule has 0 aliphatic heterocycles. The summed E-state index contributed by atoms with van der Waals surface area (Å²) in [7, 11) is 0. The summed E-state index contributed by atoms with van der Waals surface area (Å²) in [5.41, 5.74) is 0. The van der Waals surface area contributed by atoms with Crippen LogP contribution in [0.2, 0.25) is 0 Å². The smallest absolute Gasteiger partial charge is 0.565 e. The number of carboxylic acids is 4. The van der Waals surface area contributed by atoms with Crippen molar-refractivity contribution in [3.63, 3.8) is 0 Å². The second kappa shape index (κ2) is 21.3. The maximum absolute atomic E-state index is 10.6. The Labute approximate surface area is 202 Å². The molecule has 0 fully saturated rings. The molecular formula is C11H21ClKN3O11. The Balaban J connectivity index is -0.000000209. The first kappa shape index (κ1) is 36.8. The number of hydrogen-bond donors (Lipinski definition) is 6. The molecule has 8 N–H and O–H groups in total. The molecule has 0 aromatic rings. The molecule has 0 aromatic heterocycles. The third kappa shape index (κ3) is 33.0. The predicted octanol–water partition coefficient (Wildman–Crippen LogP) is -5.60. The molecule has 0 unspecified atom stereocenters. The van der Waals surface area contributed by atoms with Crippen LogP contribution >= 0.6 is 12.4 Å². The zero-order chi connectivity index (χ0) is 19.3. The average Bonchev–Trinajstić information content (AvgIpc) is 2.32. The summed E-state index contributed by atoms with van der Waals surface area (Å²) in [6, 6.07) is 0. The molecule has 0 heterocycles. The molecule has 0 spiro atoms. The van der Waals surface area contributed by atoms with Crippen LogP contribution in [0.25, 0.3) is 0 Å². The van der Waals surface area contributed by atoms with Crippen LogP contribution in [0.15, 0.2) is 0 Å². The maximum atomic E-state index is 10.6. The van der Waals surface area contributed by atoms with Crippen LogP contribution in [-0.2, 0) is 19.2 Å². The van der Waals surface area contributed by atoms with Gasteiger partial charge in [-0.3, -0.25) is 29.0 Å². The van der Waals surface area contributed by atoms with Crippen molar-refractivity contribution in [1.29, 1.82) is 0 Å². The largest absolute Gasteiger partial charge is 1.00 e. The molecule has 0 rings (SSSR count). The molecule has 0 aliphatic rings. The summed E-state index contributed by atoms with van der Waals surface area (Å²) in [6.07, 6.45) is -2.08. The van der Waals surface area contributed by atoms with E-state index in [0.717, 1.165) is 9.80 Å². The molecule has 0 bridgehead atoms. The van der Waals surface area contributed by atoms with E-state index >= 15 is 0 Å². The van der Waals surface area contributed by atoms with Gasteiger partial charge >= 0.3 is 75.3 Å². The number of halogens is 1. The van der Waals surface area contributed by atoms with E-state index in [-0.39, 0.29) is 83.0 Å². The van der Waals surface area contributed by atoms with Crippen LogP contribution in [0.3, 0.4) is 0 Å². The number of carbonyl (C=O) groups is 5. The first-order valence-electron chi connectivity index (χ1n) is 6.15. The predicted molar refractivity (Wildman–Crippen MR) is 83.7 cm³/mol. The van der Waals surface area contributed by atoms with Crippen molar-refractivity contribution in [3.8, 4) is 0 Å². The van der Waals surface area contributed by atoms with Crippen molar-refractivity contribution in [1.82, 2.24) is 16.0 Å². The summed E-state index contributed by atoms with van der Waals surface area (Å²) < 4.78 is 0. The van der Waals surface area contributed by atoms with Gasteiger partial charge in [-0.2, -0.15) is 0 Å². The Morgan fingerprint density at radius 1 is 0.630 bits per heavy atom. The van der Waals surface area contributed by atoms with Gasteiger partial charge in [-0.05, 0) is 0 Å². The fourth-order valence-electron chi connectivity index (χ4n) is 1.48. The van der Waals surface area contributed by atoms with E-state index in [1.54, 1.807) is 0 Å². The van der Waals surface area contributed by atoms with E-state index in [1.165, 1.54) is 0 Å². The number of aliphatic carboxylic acids is 4. The van der Waals surface area contributed by atoms with Crippen LogP contribution in [0, 0.1) is 0 Å². The minimum atomic E-state index is -2.08. The van der Waals surface area contributed by atoms with E-state index in [4.69, 9.17) is 35.4 Å². The minimum absolute atomic E-state index is 0. The normalized spacial score (nSPS) is 8.81. The Morgan fingerprint density at radius 2 is 0.778 bits per heavy atom. The molecule has 0 radical (unpaired) electrons. The standard InChI is InChI=1S/C10H16N2O8.CH2O3.ClH.K.H3N/c13-7(14)3-11(4-8(15)16)1-2-12(5-9(17)18)6-10(19)20;2-1(3)4;;;/h1-6H2,(H,13,14)(H,15,16)(H,17,18)(H,19,20);(H2,2,3,4);1H;;1H3/q;;;+1;/p-1. The van der Waals surface area contributed by atoms with Crippen LogP contribution in [0.5, 0.6) is 0 Å². The number of rotatable bonds is 11. The quantitative estimate of drug-likeness (QED) is 0.162. The van der Waals surface area contributed by atoms with Crippen LogP contribution in [-0.4, -0.2) is 105 Å². The van der Waals surface area contributed by atoms with E-state index in [9.17, 15) is 19.2 Å². The third-order valence-corrected chi connectivity index (χ3v) is 2.17. The van der Waals surface area contributed by atoms with Gasteiger partial charge in [0.25, 0.3) is 0 Å². The van der Waals surface area contributed by atoms with Crippen molar-refractivity contribution in [3.05, 3.63) is 0 Å². The first-order valence-corrected chi connectivity index (χ1v) is 6.15. The molecular weight excluding hydrogens is 425 g/mol. The van der Waals surface area contributed by atoms with E-state index in [2.05, 4.69) is 0 Å². The zero-order valence-corrected chi connectivity index (χ0v) is 18.4. The number of hydrogen-bond acceptors (Lipinski definition) is 9. The van der Waals surface area contributed by atoms with Gasteiger partial charge < -0.3 is 41.6 Å². The first-order chi connectivity index (χ1) is 10.9. The molecule has 0 saturated carbocycles. The summed E-state index contributed by atoms with van der Waals surface area (Å²) in [5.74, 6) is -4.91. The Bertz CT molecular complexity index is 408. The van der Waals surface area contributed by atoms with E-state index in [1.807, 2.05) is 0 Å². The molecule has 0 amide bonds.